The number of rotatable bonds is 3. The summed E-state index contributed by atoms with van der Waals surface area (Å²) in [5.41, 5.74) is 1.87. The molecule has 0 unspecified atom stereocenters. The van der Waals surface area contributed by atoms with Crippen LogP contribution in [0.2, 0.25) is 0 Å². The predicted molar refractivity (Wildman–Crippen MR) is 87.4 cm³/mol. The van der Waals surface area contributed by atoms with Crippen LogP contribution in [0, 0.1) is 6.92 Å². The van der Waals surface area contributed by atoms with Gasteiger partial charge in [0.1, 0.15) is 0 Å². The standard InChI is InChI=1S/C17H15N3O2S/c1-11-4-6-12(7-5-11)17(21)20-9-13(10-20)16-18-15(19-22-16)14-3-2-8-23-14/h2-8,13H,9-10H2,1H3. The van der Waals surface area contributed by atoms with Crippen LogP contribution in [0.15, 0.2) is 46.3 Å². The molecule has 3 aromatic rings. The molecular weight excluding hydrogens is 310 g/mol. The van der Waals surface area contributed by atoms with Crippen LogP contribution in [0.1, 0.15) is 27.7 Å². The molecule has 23 heavy (non-hydrogen) atoms. The summed E-state index contributed by atoms with van der Waals surface area (Å²) in [4.78, 5) is 19.6. The molecule has 5 nitrogen and oxygen atoms in total. The highest BCUT2D eigenvalue weighted by Crippen LogP contribution is 2.29. The van der Waals surface area contributed by atoms with Crippen LogP contribution >= 0.6 is 11.3 Å². The molecule has 116 valence electrons. The van der Waals surface area contributed by atoms with Gasteiger partial charge in [-0.2, -0.15) is 4.98 Å². The molecule has 0 atom stereocenters. The topological polar surface area (TPSA) is 59.2 Å². The number of aromatic nitrogens is 2. The van der Waals surface area contributed by atoms with Crippen LogP contribution < -0.4 is 0 Å². The molecule has 0 saturated carbocycles. The van der Waals surface area contributed by atoms with Gasteiger partial charge in [0.2, 0.25) is 11.7 Å². The van der Waals surface area contributed by atoms with Gasteiger partial charge in [-0.15, -0.1) is 11.3 Å². The van der Waals surface area contributed by atoms with Gasteiger partial charge < -0.3 is 9.42 Å². The first-order chi connectivity index (χ1) is 11.2. The number of thiophene rings is 1. The number of benzene rings is 1. The lowest BCUT2D eigenvalue weighted by Crippen LogP contribution is -2.48. The second kappa shape index (κ2) is 5.62. The van der Waals surface area contributed by atoms with E-state index < -0.39 is 0 Å². The van der Waals surface area contributed by atoms with Crippen molar-refractivity contribution in [2.24, 2.45) is 0 Å². The van der Waals surface area contributed by atoms with E-state index >= 15 is 0 Å². The average molecular weight is 325 g/mol. The summed E-state index contributed by atoms with van der Waals surface area (Å²) in [6.07, 6.45) is 0. The largest absolute Gasteiger partial charge is 0.339 e. The van der Waals surface area contributed by atoms with Crippen molar-refractivity contribution in [1.82, 2.24) is 15.0 Å². The smallest absolute Gasteiger partial charge is 0.253 e. The number of hydrogen-bond donors (Lipinski definition) is 0. The third kappa shape index (κ3) is 2.66. The maximum Gasteiger partial charge on any atom is 0.253 e. The molecule has 0 aliphatic carbocycles. The zero-order valence-electron chi connectivity index (χ0n) is 12.6. The van der Waals surface area contributed by atoms with E-state index in [1.165, 1.54) is 0 Å². The fourth-order valence-corrected chi connectivity index (χ4v) is 3.24. The number of aryl methyl sites for hydroxylation is 1. The number of likely N-dealkylation sites (tertiary alicyclic amines) is 1. The number of hydrogen-bond acceptors (Lipinski definition) is 5. The van der Waals surface area contributed by atoms with Gasteiger partial charge in [-0.05, 0) is 30.5 Å². The third-order valence-electron chi connectivity index (χ3n) is 4.00. The van der Waals surface area contributed by atoms with Crippen LogP contribution in [0.5, 0.6) is 0 Å². The van der Waals surface area contributed by atoms with E-state index in [2.05, 4.69) is 10.1 Å². The predicted octanol–water partition coefficient (Wildman–Crippen LogP) is 3.35. The summed E-state index contributed by atoms with van der Waals surface area (Å²) in [7, 11) is 0. The highest BCUT2D eigenvalue weighted by atomic mass is 32.1. The third-order valence-corrected chi connectivity index (χ3v) is 4.87. The van der Waals surface area contributed by atoms with Gasteiger partial charge in [0.15, 0.2) is 0 Å². The van der Waals surface area contributed by atoms with Crippen LogP contribution in [0.3, 0.4) is 0 Å². The van der Waals surface area contributed by atoms with Crippen molar-refractivity contribution >= 4 is 17.2 Å². The quantitative estimate of drug-likeness (QED) is 0.741. The minimum Gasteiger partial charge on any atom is -0.339 e. The Hall–Kier alpha value is -2.47. The fourth-order valence-electron chi connectivity index (χ4n) is 2.59. The van der Waals surface area contributed by atoms with Crippen molar-refractivity contribution in [2.75, 3.05) is 13.1 Å². The first-order valence-electron chi connectivity index (χ1n) is 7.44. The van der Waals surface area contributed by atoms with Gasteiger partial charge in [-0.25, -0.2) is 0 Å². The normalized spacial score (nSPS) is 14.7. The molecule has 0 N–H and O–H groups in total. The van der Waals surface area contributed by atoms with E-state index in [9.17, 15) is 4.79 Å². The first-order valence-corrected chi connectivity index (χ1v) is 8.32. The number of carbonyl (C=O) groups excluding carboxylic acids is 1. The Kier molecular flexibility index (Phi) is 3.46. The molecule has 1 fully saturated rings. The Bertz CT molecular complexity index is 818. The lowest BCUT2D eigenvalue weighted by molar-refractivity contribution is 0.0569. The molecule has 6 heteroatoms. The molecule has 1 aliphatic rings. The molecule has 0 bridgehead atoms. The van der Waals surface area contributed by atoms with E-state index in [1.54, 1.807) is 11.3 Å². The van der Waals surface area contributed by atoms with E-state index in [0.717, 1.165) is 16.0 Å². The Balaban J connectivity index is 1.41. The molecule has 3 heterocycles. The summed E-state index contributed by atoms with van der Waals surface area (Å²) in [5, 5.41) is 6.00. The molecule has 2 aromatic heterocycles. The highest BCUT2D eigenvalue weighted by molar-refractivity contribution is 7.13. The van der Waals surface area contributed by atoms with Crippen molar-refractivity contribution in [3.05, 3.63) is 58.8 Å². The molecule has 1 amide bonds. The second-order valence-electron chi connectivity index (χ2n) is 5.71. The maximum absolute atomic E-state index is 12.4. The van der Waals surface area contributed by atoms with Gasteiger partial charge in [-0.3, -0.25) is 4.79 Å². The summed E-state index contributed by atoms with van der Waals surface area (Å²) in [6.45, 7) is 3.26. The average Bonchev–Trinajstić information content (AvgIpc) is 3.17. The Morgan fingerprint density at radius 2 is 2.04 bits per heavy atom. The molecular formula is C17H15N3O2S. The van der Waals surface area contributed by atoms with Crippen LogP contribution in [0.4, 0.5) is 0 Å². The van der Waals surface area contributed by atoms with Crippen molar-refractivity contribution < 1.29 is 9.32 Å². The Morgan fingerprint density at radius 3 is 2.74 bits per heavy atom. The van der Waals surface area contributed by atoms with Crippen molar-refractivity contribution in [2.45, 2.75) is 12.8 Å². The van der Waals surface area contributed by atoms with Crippen molar-refractivity contribution in [1.29, 1.82) is 0 Å². The summed E-state index contributed by atoms with van der Waals surface area (Å²) >= 11 is 1.58. The van der Waals surface area contributed by atoms with Crippen molar-refractivity contribution in [3.8, 4) is 10.7 Å². The summed E-state index contributed by atoms with van der Waals surface area (Å²) < 4.78 is 5.35. The summed E-state index contributed by atoms with van der Waals surface area (Å²) in [6, 6.07) is 11.6. The second-order valence-corrected chi connectivity index (χ2v) is 6.65. The van der Waals surface area contributed by atoms with E-state index in [4.69, 9.17) is 4.52 Å². The van der Waals surface area contributed by atoms with Crippen LogP contribution in [-0.2, 0) is 0 Å². The van der Waals surface area contributed by atoms with Gasteiger partial charge >= 0.3 is 0 Å². The Labute approximate surface area is 137 Å². The van der Waals surface area contributed by atoms with Crippen LogP contribution in [-0.4, -0.2) is 34.0 Å². The van der Waals surface area contributed by atoms with Gasteiger partial charge in [0, 0.05) is 18.7 Å². The highest BCUT2D eigenvalue weighted by Gasteiger charge is 2.36. The summed E-state index contributed by atoms with van der Waals surface area (Å²) in [5.74, 6) is 1.42. The molecule has 0 spiro atoms. The number of carbonyl (C=O) groups is 1. The molecule has 0 radical (unpaired) electrons. The van der Waals surface area contributed by atoms with Gasteiger partial charge in [0.25, 0.3) is 5.91 Å². The van der Waals surface area contributed by atoms with E-state index in [-0.39, 0.29) is 11.8 Å². The van der Waals surface area contributed by atoms with Crippen molar-refractivity contribution in [3.63, 3.8) is 0 Å². The molecule has 1 aliphatic heterocycles. The van der Waals surface area contributed by atoms with E-state index in [0.29, 0.717) is 24.8 Å². The molecule has 1 aromatic carbocycles. The first kappa shape index (κ1) is 14.1. The van der Waals surface area contributed by atoms with Gasteiger partial charge in [0.05, 0.1) is 10.8 Å². The van der Waals surface area contributed by atoms with Crippen LogP contribution in [0.25, 0.3) is 10.7 Å². The van der Waals surface area contributed by atoms with E-state index in [1.807, 2.05) is 53.6 Å². The monoisotopic (exact) mass is 325 g/mol. The number of nitrogens with zero attached hydrogens (tertiary/aromatic N) is 3. The molecule has 4 rings (SSSR count). The minimum absolute atomic E-state index is 0.0549. The SMILES string of the molecule is Cc1ccc(C(=O)N2CC(c3nc(-c4cccs4)no3)C2)cc1. The fraction of sp³-hybridized carbons (Fsp3) is 0.235. The zero-order valence-corrected chi connectivity index (χ0v) is 13.4. The Morgan fingerprint density at radius 1 is 1.26 bits per heavy atom. The minimum atomic E-state index is 0.0549. The maximum atomic E-state index is 12.4. The lowest BCUT2D eigenvalue weighted by atomic mass is 9.98. The zero-order chi connectivity index (χ0) is 15.8. The van der Waals surface area contributed by atoms with Gasteiger partial charge in [-0.1, -0.05) is 28.9 Å². The number of amides is 1. The molecule has 1 saturated heterocycles. The lowest BCUT2D eigenvalue weighted by Gasteiger charge is -2.37.